The second-order valence-corrected chi connectivity index (χ2v) is 2.93. The first kappa shape index (κ1) is 9.95. The summed E-state index contributed by atoms with van der Waals surface area (Å²) in [6.45, 7) is 1.37. The van der Waals surface area contributed by atoms with E-state index in [1.54, 1.807) is 6.07 Å². The first-order valence-corrected chi connectivity index (χ1v) is 4.07. The minimum atomic E-state index is -1.06. The number of halogens is 1. The molecular formula is C8H9ClN2O2. The molecule has 0 aliphatic carbocycles. The summed E-state index contributed by atoms with van der Waals surface area (Å²) in [7, 11) is 0. The first-order chi connectivity index (χ1) is 6.11. The zero-order valence-corrected chi connectivity index (χ0v) is 7.75. The number of aliphatic hydroxyl groups is 1. The molecule has 1 rings (SSSR count). The highest BCUT2D eigenvalue weighted by atomic mass is 35.5. The molecule has 0 saturated carbocycles. The number of pyridine rings is 1. The van der Waals surface area contributed by atoms with Gasteiger partial charge in [-0.3, -0.25) is 9.78 Å². The molecule has 0 spiro atoms. The molecular weight excluding hydrogens is 192 g/mol. The molecule has 0 saturated heterocycles. The lowest BCUT2D eigenvalue weighted by Gasteiger charge is -2.07. The van der Waals surface area contributed by atoms with Gasteiger partial charge in [0.15, 0.2) is 0 Å². The minimum Gasteiger partial charge on any atom is -0.384 e. The average molecular weight is 201 g/mol. The number of anilines is 1. The molecule has 0 aliphatic heterocycles. The minimum absolute atomic E-state index is 0.393. The first-order valence-electron chi connectivity index (χ1n) is 3.69. The molecule has 5 heteroatoms. The molecule has 1 aromatic heterocycles. The number of hydrogen-bond acceptors (Lipinski definition) is 3. The van der Waals surface area contributed by atoms with E-state index in [1.807, 2.05) is 0 Å². The summed E-state index contributed by atoms with van der Waals surface area (Å²) in [5, 5.41) is 11.7. The Bertz CT molecular complexity index is 315. The fourth-order valence-electron chi connectivity index (χ4n) is 0.707. The van der Waals surface area contributed by atoms with Gasteiger partial charge in [-0.15, -0.1) is 0 Å². The van der Waals surface area contributed by atoms with E-state index in [-0.39, 0.29) is 0 Å². The molecule has 2 N–H and O–H groups in total. The summed E-state index contributed by atoms with van der Waals surface area (Å²) >= 11 is 5.74. The standard InChI is InChI=1S/C8H9ClN2O2/c1-5(12)8(13)11-7-4-10-3-2-6(7)9/h2-5,12H,1H3,(H,11,13)/t5-/m0/s1. The van der Waals surface area contributed by atoms with E-state index >= 15 is 0 Å². The SMILES string of the molecule is C[C@H](O)C(=O)Nc1cnccc1Cl. The van der Waals surface area contributed by atoms with Crippen molar-refractivity contribution in [3.05, 3.63) is 23.5 Å². The van der Waals surface area contributed by atoms with Gasteiger partial charge in [-0.25, -0.2) is 0 Å². The lowest BCUT2D eigenvalue weighted by molar-refractivity contribution is -0.123. The smallest absolute Gasteiger partial charge is 0.253 e. The van der Waals surface area contributed by atoms with Gasteiger partial charge in [0.25, 0.3) is 5.91 Å². The fraction of sp³-hybridized carbons (Fsp3) is 0.250. The number of aliphatic hydroxyl groups excluding tert-OH is 1. The second kappa shape index (κ2) is 4.20. The van der Waals surface area contributed by atoms with Crippen LogP contribution in [0.25, 0.3) is 0 Å². The molecule has 0 unspecified atom stereocenters. The summed E-state index contributed by atoms with van der Waals surface area (Å²) in [5.41, 5.74) is 0.398. The summed E-state index contributed by atoms with van der Waals surface area (Å²) in [4.78, 5) is 14.8. The van der Waals surface area contributed by atoms with Crippen LogP contribution in [0.4, 0.5) is 5.69 Å². The lowest BCUT2D eigenvalue weighted by atomic mass is 10.3. The lowest BCUT2D eigenvalue weighted by Crippen LogP contribution is -2.24. The number of aromatic nitrogens is 1. The molecule has 0 aliphatic rings. The molecule has 13 heavy (non-hydrogen) atoms. The number of hydrogen-bond donors (Lipinski definition) is 2. The topological polar surface area (TPSA) is 62.2 Å². The van der Waals surface area contributed by atoms with Crippen molar-refractivity contribution in [3.63, 3.8) is 0 Å². The largest absolute Gasteiger partial charge is 0.384 e. The van der Waals surface area contributed by atoms with E-state index in [0.29, 0.717) is 10.7 Å². The normalized spacial score (nSPS) is 12.2. The van der Waals surface area contributed by atoms with Crippen molar-refractivity contribution in [2.75, 3.05) is 5.32 Å². The number of carbonyl (C=O) groups excluding carboxylic acids is 1. The van der Waals surface area contributed by atoms with Crippen molar-refractivity contribution >= 4 is 23.2 Å². The van der Waals surface area contributed by atoms with Crippen molar-refractivity contribution < 1.29 is 9.90 Å². The van der Waals surface area contributed by atoms with Gasteiger partial charge < -0.3 is 10.4 Å². The number of carbonyl (C=O) groups is 1. The molecule has 1 heterocycles. The summed E-state index contributed by atoms with van der Waals surface area (Å²) < 4.78 is 0. The quantitative estimate of drug-likeness (QED) is 0.750. The molecule has 0 fully saturated rings. The van der Waals surface area contributed by atoms with Crippen LogP contribution in [0.3, 0.4) is 0 Å². The Morgan fingerprint density at radius 1 is 1.77 bits per heavy atom. The van der Waals surface area contributed by atoms with Crippen molar-refractivity contribution in [2.24, 2.45) is 0 Å². The Morgan fingerprint density at radius 2 is 2.46 bits per heavy atom. The van der Waals surface area contributed by atoms with Crippen LogP contribution in [-0.4, -0.2) is 22.1 Å². The fourth-order valence-corrected chi connectivity index (χ4v) is 0.859. The van der Waals surface area contributed by atoms with E-state index in [4.69, 9.17) is 16.7 Å². The monoisotopic (exact) mass is 200 g/mol. The Labute approximate surface area is 80.6 Å². The summed E-state index contributed by atoms with van der Waals surface area (Å²) in [5.74, 6) is -0.505. The van der Waals surface area contributed by atoms with Crippen molar-refractivity contribution in [1.82, 2.24) is 4.98 Å². The Hall–Kier alpha value is -1.13. The van der Waals surface area contributed by atoms with E-state index in [1.165, 1.54) is 19.3 Å². The zero-order valence-electron chi connectivity index (χ0n) is 6.99. The van der Waals surface area contributed by atoms with Crippen molar-refractivity contribution in [1.29, 1.82) is 0 Å². The maximum absolute atomic E-state index is 11.0. The average Bonchev–Trinajstić information content (AvgIpc) is 2.08. The van der Waals surface area contributed by atoms with Gasteiger partial charge in [-0.05, 0) is 13.0 Å². The van der Waals surface area contributed by atoms with Crippen LogP contribution in [0.15, 0.2) is 18.5 Å². The molecule has 4 nitrogen and oxygen atoms in total. The highest BCUT2D eigenvalue weighted by Crippen LogP contribution is 2.18. The predicted molar refractivity (Wildman–Crippen MR) is 49.6 cm³/mol. The molecule has 0 bridgehead atoms. The van der Waals surface area contributed by atoms with Crippen molar-refractivity contribution in [2.45, 2.75) is 13.0 Å². The summed E-state index contributed by atoms with van der Waals surface area (Å²) in [6.07, 6.45) is 1.87. The molecule has 1 aromatic rings. The van der Waals surface area contributed by atoms with Crippen LogP contribution >= 0.6 is 11.6 Å². The third-order valence-electron chi connectivity index (χ3n) is 1.41. The van der Waals surface area contributed by atoms with E-state index in [0.717, 1.165) is 0 Å². The molecule has 1 amide bonds. The van der Waals surface area contributed by atoms with Gasteiger partial charge >= 0.3 is 0 Å². The number of nitrogens with one attached hydrogen (secondary N) is 1. The molecule has 0 radical (unpaired) electrons. The maximum atomic E-state index is 11.0. The van der Waals surface area contributed by atoms with Gasteiger partial charge in [0.1, 0.15) is 6.10 Å². The maximum Gasteiger partial charge on any atom is 0.253 e. The van der Waals surface area contributed by atoms with E-state index in [2.05, 4.69) is 10.3 Å². The predicted octanol–water partition coefficient (Wildman–Crippen LogP) is 1.05. The van der Waals surface area contributed by atoms with Gasteiger partial charge in [-0.2, -0.15) is 0 Å². The van der Waals surface area contributed by atoms with Crippen LogP contribution in [0.1, 0.15) is 6.92 Å². The van der Waals surface area contributed by atoms with Gasteiger partial charge in [0, 0.05) is 6.20 Å². The van der Waals surface area contributed by atoms with Crippen LogP contribution < -0.4 is 5.32 Å². The molecule has 70 valence electrons. The van der Waals surface area contributed by atoms with Crippen LogP contribution in [0, 0.1) is 0 Å². The third-order valence-corrected chi connectivity index (χ3v) is 1.73. The van der Waals surface area contributed by atoms with Crippen LogP contribution in [-0.2, 0) is 4.79 Å². The Morgan fingerprint density at radius 3 is 3.00 bits per heavy atom. The van der Waals surface area contributed by atoms with Crippen LogP contribution in [0.5, 0.6) is 0 Å². The Balaban J connectivity index is 2.75. The number of amides is 1. The molecule has 1 atom stereocenters. The number of nitrogens with zero attached hydrogens (tertiary/aromatic N) is 1. The van der Waals surface area contributed by atoms with Gasteiger partial charge in [0.05, 0.1) is 16.9 Å². The molecule has 0 aromatic carbocycles. The van der Waals surface area contributed by atoms with Gasteiger partial charge in [-0.1, -0.05) is 11.6 Å². The van der Waals surface area contributed by atoms with Gasteiger partial charge in [0.2, 0.25) is 0 Å². The zero-order chi connectivity index (χ0) is 9.84. The highest BCUT2D eigenvalue weighted by molar-refractivity contribution is 6.33. The Kier molecular flexibility index (Phi) is 3.22. The van der Waals surface area contributed by atoms with Crippen LogP contribution in [0.2, 0.25) is 5.02 Å². The van der Waals surface area contributed by atoms with E-state index < -0.39 is 12.0 Å². The summed E-state index contributed by atoms with van der Waals surface area (Å²) in [6, 6.07) is 1.55. The van der Waals surface area contributed by atoms with E-state index in [9.17, 15) is 4.79 Å². The third kappa shape index (κ3) is 2.68. The number of rotatable bonds is 2. The highest BCUT2D eigenvalue weighted by Gasteiger charge is 2.10. The van der Waals surface area contributed by atoms with Crippen molar-refractivity contribution in [3.8, 4) is 0 Å². The second-order valence-electron chi connectivity index (χ2n) is 2.52.